The molecule has 0 saturated carbocycles. The summed E-state index contributed by atoms with van der Waals surface area (Å²) < 4.78 is 9.86. The SMILES string of the molecule is CC(C)CC(N=C=O)C(=O)OCCOC(=O)C(CC(C)C)N=C=O. The average Bonchev–Trinajstić information content (AvgIpc) is 2.49. The predicted octanol–water partition coefficient (Wildman–Crippen LogP) is 1.57. The number of nitrogens with zero attached hydrogens (tertiary/aromatic N) is 2. The molecule has 0 aromatic carbocycles. The van der Waals surface area contributed by atoms with Crippen LogP contribution in [0.15, 0.2) is 9.98 Å². The Morgan fingerprint density at radius 2 is 1.12 bits per heavy atom. The van der Waals surface area contributed by atoms with Crippen LogP contribution in [0.1, 0.15) is 40.5 Å². The van der Waals surface area contributed by atoms with Crippen molar-refractivity contribution in [3.8, 4) is 0 Å². The van der Waals surface area contributed by atoms with Crippen molar-refractivity contribution in [3.63, 3.8) is 0 Å². The Morgan fingerprint density at radius 3 is 1.38 bits per heavy atom. The second kappa shape index (κ2) is 12.2. The van der Waals surface area contributed by atoms with E-state index < -0.39 is 24.0 Å². The van der Waals surface area contributed by atoms with E-state index in [0.717, 1.165) is 0 Å². The van der Waals surface area contributed by atoms with Gasteiger partial charge in [-0.1, -0.05) is 27.7 Å². The fourth-order valence-corrected chi connectivity index (χ4v) is 1.90. The lowest BCUT2D eigenvalue weighted by atomic mass is 10.0. The molecule has 0 rings (SSSR count). The molecule has 0 aromatic heterocycles. The molecule has 8 heteroatoms. The van der Waals surface area contributed by atoms with Crippen LogP contribution in [0.4, 0.5) is 0 Å². The minimum Gasteiger partial charge on any atom is -0.460 e. The lowest BCUT2D eigenvalue weighted by Gasteiger charge is -2.14. The normalized spacial score (nSPS) is 12.8. The number of ether oxygens (including phenoxy) is 2. The topological polar surface area (TPSA) is 111 Å². The van der Waals surface area contributed by atoms with E-state index in [1.807, 2.05) is 27.7 Å². The number of isocyanates is 2. The minimum atomic E-state index is -0.911. The number of hydrogen-bond acceptors (Lipinski definition) is 8. The van der Waals surface area contributed by atoms with Gasteiger partial charge >= 0.3 is 11.9 Å². The molecule has 24 heavy (non-hydrogen) atoms. The van der Waals surface area contributed by atoms with Crippen LogP contribution in [0, 0.1) is 11.8 Å². The number of rotatable bonds is 11. The molecule has 0 fully saturated rings. The van der Waals surface area contributed by atoms with Gasteiger partial charge in [0.1, 0.15) is 13.2 Å². The summed E-state index contributed by atoms with van der Waals surface area (Å²) >= 11 is 0. The molecule has 134 valence electrons. The summed E-state index contributed by atoms with van der Waals surface area (Å²) in [5.74, 6) is -1.05. The zero-order valence-electron chi connectivity index (χ0n) is 14.5. The van der Waals surface area contributed by atoms with Crippen molar-refractivity contribution < 1.29 is 28.7 Å². The van der Waals surface area contributed by atoms with Gasteiger partial charge in [0.2, 0.25) is 12.2 Å². The zero-order chi connectivity index (χ0) is 18.5. The van der Waals surface area contributed by atoms with E-state index in [1.165, 1.54) is 12.2 Å². The summed E-state index contributed by atoms with van der Waals surface area (Å²) in [6.07, 6.45) is 3.42. The quantitative estimate of drug-likeness (QED) is 0.244. The van der Waals surface area contributed by atoms with E-state index in [2.05, 4.69) is 9.98 Å². The molecular formula is C16H24N2O6. The van der Waals surface area contributed by atoms with E-state index in [-0.39, 0.29) is 25.0 Å². The summed E-state index contributed by atoms with van der Waals surface area (Å²) in [5.41, 5.74) is 0. The van der Waals surface area contributed by atoms with Crippen molar-refractivity contribution in [1.82, 2.24) is 0 Å². The van der Waals surface area contributed by atoms with Gasteiger partial charge in [0.15, 0.2) is 12.1 Å². The molecular weight excluding hydrogens is 316 g/mol. The van der Waals surface area contributed by atoms with Crippen molar-refractivity contribution in [2.75, 3.05) is 13.2 Å². The van der Waals surface area contributed by atoms with Crippen LogP contribution < -0.4 is 0 Å². The van der Waals surface area contributed by atoms with Crippen LogP contribution >= 0.6 is 0 Å². The standard InChI is InChI=1S/C16H24N2O6/c1-11(2)7-13(17-9-19)15(21)23-5-6-24-16(22)14(18-10-20)8-12(3)4/h11-14H,5-8H2,1-4H3. The van der Waals surface area contributed by atoms with Crippen molar-refractivity contribution in [2.24, 2.45) is 21.8 Å². The first-order valence-electron chi connectivity index (χ1n) is 7.79. The van der Waals surface area contributed by atoms with Gasteiger partial charge in [-0.05, 0) is 24.7 Å². The zero-order valence-corrected chi connectivity index (χ0v) is 14.5. The first-order valence-corrected chi connectivity index (χ1v) is 7.79. The lowest BCUT2D eigenvalue weighted by molar-refractivity contribution is -0.154. The number of carbonyl (C=O) groups is 2. The molecule has 0 heterocycles. The van der Waals surface area contributed by atoms with E-state index >= 15 is 0 Å². The molecule has 0 bridgehead atoms. The molecule has 0 spiro atoms. The lowest BCUT2D eigenvalue weighted by Crippen LogP contribution is -2.27. The fourth-order valence-electron chi connectivity index (χ4n) is 1.90. The van der Waals surface area contributed by atoms with Gasteiger partial charge < -0.3 is 9.47 Å². The number of aliphatic imine (C=N–C) groups is 2. The highest BCUT2D eigenvalue weighted by molar-refractivity contribution is 5.77. The molecule has 0 aliphatic rings. The first kappa shape index (κ1) is 21.7. The summed E-state index contributed by atoms with van der Waals surface area (Å²) in [6, 6.07) is -1.82. The summed E-state index contributed by atoms with van der Waals surface area (Å²) in [6.45, 7) is 7.17. The molecule has 0 saturated heterocycles. The third-order valence-electron chi connectivity index (χ3n) is 2.92. The Labute approximate surface area is 141 Å². The first-order chi connectivity index (χ1) is 11.3. The highest BCUT2D eigenvalue weighted by atomic mass is 16.6. The second-order valence-corrected chi connectivity index (χ2v) is 6.07. The van der Waals surface area contributed by atoms with Gasteiger partial charge in [-0.3, -0.25) is 0 Å². The Bertz CT molecular complexity index is 459. The molecule has 0 radical (unpaired) electrons. The monoisotopic (exact) mass is 340 g/mol. The van der Waals surface area contributed by atoms with Crippen LogP contribution in [-0.4, -0.2) is 49.4 Å². The maximum absolute atomic E-state index is 11.8. The third-order valence-corrected chi connectivity index (χ3v) is 2.92. The number of hydrogen-bond donors (Lipinski definition) is 0. The maximum atomic E-state index is 11.8. The third kappa shape index (κ3) is 9.66. The van der Waals surface area contributed by atoms with Gasteiger partial charge in [0.05, 0.1) is 0 Å². The van der Waals surface area contributed by atoms with Gasteiger partial charge in [-0.15, -0.1) is 0 Å². The maximum Gasteiger partial charge on any atom is 0.331 e. The van der Waals surface area contributed by atoms with E-state index in [9.17, 15) is 19.2 Å². The number of carbonyl (C=O) groups excluding carboxylic acids is 4. The van der Waals surface area contributed by atoms with Gasteiger partial charge in [0.25, 0.3) is 0 Å². The average molecular weight is 340 g/mol. The highest BCUT2D eigenvalue weighted by Gasteiger charge is 2.22. The largest absolute Gasteiger partial charge is 0.460 e. The van der Waals surface area contributed by atoms with Gasteiger partial charge in [-0.25, -0.2) is 19.2 Å². The number of esters is 2. The van der Waals surface area contributed by atoms with Crippen molar-refractivity contribution >= 4 is 24.1 Å². The van der Waals surface area contributed by atoms with Crippen LogP contribution in [0.2, 0.25) is 0 Å². The van der Waals surface area contributed by atoms with E-state index in [4.69, 9.17) is 9.47 Å². The molecule has 2 unspecified atom stereocenters. The van der Waals surface area contributed by atoms with E-state index in [0.29, 0.717) is 12.8 Å². The van der Waals surface area contributed by atoms with Crippen LogP contribution in [0.5, 0.6) is 0 Å². The molecule has 0 aliphatic carbocycles. The molecule has 0 aliphatic heterocycles. The minimum absolute atomic E-state index is 0.149. The predicted molar refractivity (Wildman–Crippen MR) is 84.6 cm³/mol. The van der Waals surface area contributed by atoms with Crippen LogP contribution in [0.25, 0.3) is 0 Å². The summed E-state index contributed by atoms with van der Waals surface area (Å²) in [4.78, 5) is 51.1. The highest BCUT2D eigenvalue weighted by Crippen LogP contribution is 2.11. The molecule has 0 amide bonds. The van der Waals surface area contributed by atoms with Crippen LogP contribution in [-0.2, 0) is 28.7 Å². The molecule has 0 N–H and O–H groups in total. The van der Waals surface area contributed by atoms with Crippen molar-refractivity contribution in [2.45, 2.75) is 52.6 Å². The van der Waals surface area contributed by atoms with E-state index in [1.54, 1.807) is 0 Å². The molecule has 0 aromatic rings. The molecule has 2 atom stereocenters. The van der Waals surface area contributed by atoms with Gasteiger partial charge in [0, 0.05) is 0 Å². The Balaban J connectivity index is 4.34. The second-order valence-electron chi connectivity index (χ2n) is 6.07. The van der Waals surface area contributed by atoms with Crippen LogP contribution in [0.3, 0.4) is 0 Å². The Kier molecular flexibility index (Phi) is 11.0. The van der Waals surface area contributed by atoms with Crippen molar-refractivity contribution in [1.29, 1.82) is 0 Å². The Hall–Kier alpha value is -2.30. The van der Waals surface area contributed by atoms with Crippen molar-refractivity contribution in [3.05, 3.63) is 0 Å². The summed E-state index contributed by atoms with van der Waals surface area (Å²) in [7, 11) is 0. The van der Waals surface area contributed by atoms with Gasteiger partial charge in [-0.2, -0.15) is 9.98 Å². The Morgan fingerprint density at radius 1 is 0.792 bits per heavy atom. The summed E-state index contributed by atoms with van der Waals surface area (Å²) in [5, 5.41) is 0. The fraction of sp³-hybridized carbons (Fsp3) is 0.750. The smallest absolute Gasteiger partial charge is 0.331 e. The molecule has 8 nitrogen and oxygen atoms in total.